The van der Waals surface area contributed by atoms with Gasteiger partial charge in [-0.2, -0.15) is 0 Å². The van der Waals surface area contributed by atoms with Gasteiger partial charge in [0.15, 0.2) is 0 Å². The van der Waals surface area contributed by atoms with Crippen molar-refractivity contribution in [1.29, 1.82) is 5.26 Å². The Kier molecular flexibility index (Phi) is 2.70. The second kappa shape index (κ2) is 3.58. The molecule has 0 amide bonds. The average molecular weight is 138 g/mol. The monoisotopic (exact) mass is 138 g/mol. The number of rotatable bonds is 1. The Hall–Kier alpha value is -0.550. The molecule has 0 aromatic rings. The maximum absolute atomic E-state index is 6.50. The molecular weight excluding hydrogens is 124 g/mol. The molecule has 1 aliphatic heterocycles. The van der Waals surface area contributed by atoms with Crippen molar-refractivity contribution in [3.63, 3.8) is 0 Å². The first-order valence-electron chi connectivity index (χ1n) is 3.97. The summed E-state index contributed by atoms with van der Waals surface area (Å²) in [6.07, 6.45) is 5.88. The van der Waals surface area contributed by atoms with Gasteiger partial charge in [-0.3, -0.25) is 0 Å². The Labute approximate surface area is 62.4 Å². The quantitative estimate of drug-likeness (QED) is 0.547. The molecule has 0 unspecified atom stereocenters. The summed E-state index contributed by atoms with van der Waals surface area (Å²) in [5.41, 5.74) is 0. The number of hydrogen-bond acceptors (Lipinski definition) is 2. The van der Waals surface area contributed by atoms with Crippen molar-refractivity contribution >= 4 is 0 Å². The Morgan fingerprint density at radius 1 is 1.10 bits per heavy atom. The van der Waals surface area contributed by atoms with E-state index in [1.807, 2.05) is 0 Å². The molecule has 0 N–H and O–H groups in total. The molecule has 0 radical (unpaired) electrons. The van der Waals surface area contributed by atoms with Gasteiger partial charge in [-0.25, -0.2) is 5.26 Å². The van der Waals surface area contributed by atoms with Crippen molar-refractivity contribution in [3.8, 4) is 6.57 Å². The van der Waals surface area contributed by atoms with E-state index in [0.29, 0.717) is 0 Å². The van der Waals surface area contributed by atoms with Crippen LogP contribution in [0.3, 0.4) is 0 Å². The van der Waals surface area contributed by atoms with Gasteiger partial charge in [-0.05, 0) is 38.8 Å². The zero-order chi connectivity index (χ0) is 7.40. The van der Waals surface area contributed by atoms with Gasteiger partial charge in [0.05, 0.1) is 0 Å². The maximum atomic E-state index is 6.50. The van der Waals surface area contributed by atoms with Crippen LogP contribution in [0.25, 0.3) is 0 Å². The predicted molar refractivity (Wildman–Crippen MR) is 40.5 cm³/mol. The molecule has 0 atom stereocenters. The second-order valence-electron chi connectivity index (χ2n) is 2.97. The SMILES string of the molecule is C#N.C1CCN(C2CC2)C1. The third kappa shape index (κ3) is 1.71. The lowest BCUT2D eigenvalue weighted by atomic mass is 10.4. The Morgan fingerprint density at radius 3 is 2.00 bits per heavy atom. The molecule has 2 fully saturated rings. The number of nitrogens with zero attached hydrogens (tertiary/aromatic N) is 2. The highest BCUT2D eigenvalue weighted by Gasteiger charge is 2.29. The van der Waals surface area contributed by atoms with Gasteiger partial charge < -0.3 is 4.90 Å². The van der Waals surface area contributed by atoms with E-state index >= 15 is 0 Å². The Balaban J connectivity index is 0.000000231. The molecule has 0 aromatic heterocycles. The minimum atomic E-state index is 1.03. The maximum Gasteiger partial charge on any atom is 0.0462 e. The summed E-state index contributed by atoms with van der Waals surface area (Å²) in [5, 5.41) is 6.50. The van der Waals surface area contributed by atoms with Crippen LogP contribution in [0.5, 0.6) is 0 Å². The molecule has 2 heteroatoms. The van der Waals surface area contributed by atoms with E-state index in [9.17, 15) is 0 Å². The van der Waals surface area contributed by atoms with Gasteiger partial charge in [-0.15, -0.1) is 0 Å². The fraction of sp³-hybridized carbons (Fsp3) is 0.875. The van der Waals surface area contributed by atoms with Crippen molar-refractivity contribution in [2.45, 2.75) is 31.7 Å². The first-order valence-corrected chi connectivity index (χ1v) is 3.97. The summed E-state index contributed by atoms with van der Waals surface area (Å²) in [6, 6.07) is 1.03. The summed E-state index contributed by atoms with van der Waals surface area (Å²) in [7, 11) is 0. The molecule has 0 bridgehead atoms. The van der Waals surface area contributed by atoms with E-state index in [1.54, 1.807) is 0 Å². The van der Waals surface area contributed by atoms with E-state index < -0.39 is 0 Å². The molecule has 0 spiro atoms. The van der Waals surface area contributed by atoms with Crippen LogP contribution in [0, 0.1) is 11.8 Å². The Morgan fingerprint density at radius 2 is 1.60 bits per heavy atom. The molecule has 1 heterocycles. The van der Waals surface area contributed by atoms with E-state index in [1.165, 1.54) is 38.8 Å². The van der Waals surface area contributed by atoms with Crippen LogP contribution >= 0.6 is 0 Å². The molecule has 2 nitrogen and oxygen atoms in total. The molecule has 0 aromatic carbocycles. The fourth-order valence-corrected chi connectivity index (χ4v) is 1.55. The van der Waals surface area contributed by atoms with Crippen LogP contribution in [0.4, 0.5) is 0 Å². The molecule has 2 rings (SSSR count). The Bertz CT molecular complexity index is 110. The van der Waals surface area contributed by atoms with Crippen molar-refractivity contribution < 1.29 is 0 Å². The van der Waals surface area contributed by atoms with Crippen LogP contribution < -0.4 is 0 Å². The van der Waals surface area contributed by atoms with Gasteiger partial charge in [-0.1, -0.05) is 0 Å². The summed E-state index contributed by atoms with van der Waals surface area (Å²) < 4.78 is 0. The van der Waals surface area contributed by atoms with Gasteiger partial charge in [0.25, 0.3) is 0 Å². The van der Waals surface area contributed by atoms with E-state index in [4.69, 9.17) is 5.26 Å². The smallest absolute Gasteiger partial charge is 0.0462 e. The fourth-order valence-electron chi connectivity index (χ4n) is 1.55. The van der Waals surface area contributed by atoms with Gasteiger partial charge in [0, 0.05) is 12.6 Å². The van der Waals surface area contributed by atoms with Crippen LogP contribution in [0.1, 0.15) is 25.7 Å². The van der Waals surface area contributed by atoms with Crippen LogP contribution in [0.15, 0.2) is 0 Å². The van der Waals surface area contributed by atoms with Crippen LogP contribution in [0.2, 0.25) is 0 Å². The lowest BCUT2D eigenvalue weighted by Crippen LogP contribution is -2.20. The first kappa shape index (κ1) is 7.56. The zero-order valence-corrected chi connectivity index (χ0v) is 6.29. The summed E-state index contributed by atoms with van der Waals surface area (Å²) >= 11 is 0. The normalized spacial score (nSPS) is 25.4. The highest BCUT2D eigenvalue weighted by Crippen LogP contribution is 2.29. The van der Waals surface area contributed by atoms with Gasteiger partial charge >= 0.3 is 0 Å². The van der Waals surface area contributed by atoms with Gasteiger partial charge in [0.1, 0.15) is 0 Å². The zero-order valence-electron chi connectivity index (χ0n) is 6.29. The summed E-state index contributed by atoms with van der Waals surface area (Å²) in [6.45, 7) is 6.29. The third-order valence-corrected chi connectivity index (χ3v) is 2.20. The molecule has 1 saturated carbocycles. The first-order chi connectivity index (χ1) is 4.97. The topological polar surface area (TPSA) is 27.0 Å². The molecule has 56 valence electrons. The molecule has 1 saturated heterocycles. The number of hydrogen-bond donors (Lipinski definition) is 0. The molecule has 10 heavy (non-hydrogen) atoms. The second-order valence-corrected chi connectivity index (χ2v) is 2.97. The standard InChI is InChI=1S/C7H13N.CHN/c1-2-6-8(5-1)7-3-4-7;1-2/h7H,1-6H2;1H. The largest absolute Gasteiger partial charge is 0.300 e. The number of likely N-dealkylation sites (tertiary alicyclic amines) is 1. The molecular formula is C8H14N2. The lowest BCUT2D eigenvalue weighted by Gasteiger charge is -2.11. The van der Waals surface area contributed by atoms with Crippen LogP contribution in [-0.4, -0.2) is 24.0 Å². The van der Waals surface area contributed by atoms with Crippen LogP contribution in [-0.2, 0) is 0 Å². The van der Waals surface area contributed by atoms with E-state index in [-0.39, 0.29) is 0 Å². The van der Waals surface area contributed by atoms with Crippen molar-refractivity contribution in [2.24, 2.45) is 0 Å². The summed E-state index contributed by atoms with van der Waals surface area (Å²) in [5.74, 6) is 0. The molecule has 1 aliphatic carbocycles. The molecule has 2 aliphatic rings. The van der Waals surface area contributed by atoms with Crippen molar-refractivity contribution in [2.75, 3.05) is 13.1 Å². The third-order valence-electron chi connectivity index (χ3n) is 2.20. The lowest BCUT2D eigenvalue weighted by molar-refractivity contribution is 0.328. The van der Waals surface area contributed by atoms with E-state index in [2.05, 4.69) is 11.5 Å². The highest BCUT2D eigenvalue weighted by molar-refractivity contribution is 4.86. The van der Waals surface area contributed by atoms with Crippen molar-refractivity contribution in [1.82, 2.24) is 4.90 Å². The van der Waals surface area contributed by atoms with Crippen molar-refractivity contribution in [3.05, 3.63) is 0 Å². The highest BCUT2D eigenvalue weighted by atomic mass is 15.2. The number of nitriles is 1. The average Bonchev–Trinajstić information content (AvgIpc) is 2.72. The van der Waals surface area contributed by atoms with Gasteiger partial charge in [0.2, 0.25) is 0 Å². The minimum Gasteiger partial charge on any atom is -0.300 e. The summed E-state index contributed by atoms with van der Waals surface area (Å²) in [4.78, 5) is 2.64. The van der Waals surface area contributed by atoms with E-state index in [0.717, 1.165) is 6.04 Å². The predicted octanol–water partition coefficient (Wildman–Crippen LogP) is 1.38. The minimum absolute atomic E-state index is 1.03.